The van der Waals surface area contributed by atoms with Gasteiger partial charge in [0.05, 0.1) is 36.4 Å². The summed E-state index contributed by atoms with van der Waals surface area (Å²) in [5.74, 6) is -0.205. The van der Waals surface area contributed by atoms with E-state index in [9.17, 15) is 48.7 Å². The van der Waals surface area contributed by atoms with Crippen LogP contribution < -0.4 is 0 Å². The fourth-order valence-electron chi connectivity index (χ4n) is 4.66. The van der Waals surface area contributed by atoms with Crippen LogP contribution in [-0.4, -0.2) is 30.8 Å². The minimum absolute atomic E-state index is 0.0566. The first-order valence-corrected chi connectivity index (χ1v) is 13.4. The first-order valence-electron chi connectivity index (χ1n) is 13.4. The highest BCUT2D eigenvalue weighted by Crippen LogP contribution is 2.42. The zero-order chi connectivity index (χ0) is 34.1. The maximum Gasteiger partial charge on any atom is 0.416 e. The van der Waals surface area contributed by atoms with Gasteiger partial charge in [0.15, 0.2) is 0 Å². The van der Waals surface area contributed by atoms with Gasteiger partial charge in [-0.1, -0.05) is 32.1 Å². The molecule has 0 unspecified atom stereocenters. The van der Waals surface area contributed by atoms with Crippen molar-refractivity contribution in [3.63, 3.8) is 0 Å². The van der Waals surface area contributed by atoms with Crippen LogP contribution in [0.4, 0.5) is 48.7 Å². The summed E-state index contributed by atoms with van der Waals surface area (Å²) in [6.07, 6.45) is -15.5. The number of ether oxygens (including phenoxy) is 2. The summed E-state index contributed by atoms with van der Waals surface area (Å²) in [4.78, 5) is 13.9. The number of amides is 1. The third-order valence-corrected chi connectivity index (χ3v) is 7.21. The summed E-state index contributed by atoms with van der Waals surface area (Å²) in [7, 11) is 1.21. The quantitative estimate of drug-likeness (QED) is 0.154. The molecular formula is C31H29F10NO3. The largest absolute Gasteiger partial charge is 0.496 e. The van der Waals surface area contributed by atoms with Gasteiger partial charge in [0, 0.05) is 5.57 Å². The van der Waals surface area contributed by atoms with Crippen LogP contribution in [-0.2, 0) is 34.5 Å². The number of nitrogens with zero attached hydrogens (tertiary/aromatic N) is 1. The molecule has 2 aromatic rings. The number of rotatable bonds is 9. The van der Waals surface area contributed by atoms with Crippen molar-refractivity contribution in [1.29, 1.82) is 0 Å². The van der Waals surface area contributed by atoms with Gasteiger partial charge in [-0.3, -0.25) is 4.90 Å². The molecule has 0 aliphatic carbocycles. The van der Waals surface area contributed by atoms with E-state index >= 15 is 0 Å². The highest BCUT2D eigenvalue weighted by molar-refractivity contribution is 5.81. The SMILES string of the molecule is C=C(/C=C(\C(=C/CF)OC)c1ccc(C(F)(F)F)cc1CN1C(=O)O[C@H](c2cc(C(F)(F)F)cc(C(F)(F)F)c2)[C@@H]1C)C(C)C. The van der Waals surface area contributed by atoms with E-state index in [0.717, 1.165) is 29.2 Å². The number of allylic oxidation sites excluding steroid dienone is 4. The van der Waals surface area contributed by atoms with Gasteiger partial charge in [-0.25, -0.2) is 9.18 Å². The summed E-state index contributed by atoms with van der Waals surface area (Å²) in [6.45, 7) is 7.16. The smallest absolute Gasteiger partial charge is 0.416 e. The average molecular weight is 654 g/mol. The molecule has 1 fully saturated rings. The Bertz CT molecular complexity index is 1450. The highest BCUT2D eigenvalue weighted by Gasteiger charge is 2.44. The van der Waals surface area contributed by atoms with Gasteiger partial charge in [0.2, 0.25) is 0 Å². The maximum absolute atomic E-state index is 13.8. The standard InChI is InChI=1S/C31H29F10NO3/c1-16(2)17(3)10-25(26(44-5)8-9-32)24-7-6-21(29(33,34)35)13-20(24)15-42-18(4)27(45-28(42)43)19-11-22(30(36,37)38)14-23(12-19)31(39,40)41/h6-8,10-14,16,18,27H,3,9,15H2,1-2,4-5H3/b25-10-,26-8+/t18-,27-/m0/s1. The van der Waals surface area contributed by atoms with E-state index in [0.29, 0.717) is 17.7 Å². The molecule has 0 spiro atoms. The van der Waals surface area contributed by atoms with Crippen molar-refractivity contribution in [3.8, 4) is 0 Å². The molecule has 4 nitrogen and oxygen atoms in total. The van der Waals surface area contributed by atoms with Gasteiger partial charge < -0.3 is 9.47 Å². The van der Waals surface area contributed by atoms with Crippen molar-refractivity contribution in [3.05, 3.63) is 99.8 Å². The second-order valence-corrected chi connectivity index (χ2v) is 10.6. The van der Waals surface area contributed by atoms with Crippen LogP contribution in [0.2, 0.25) is 0 Å². The summed E-state index contributed by atoms with van der Waals surface area (Å²) >= 11 is 0. The Kier molecular flexibility index (Phi) is 10.4. The van der Waals surface area contributed by atoms with Crippen molar-refractivity contribution >= 4 is 11.7 Å². The molecule has 3 rings (SSSR count). The van der Waals surface area contributed by atoms with Crippen LogP contribution in [0.3, 0.4) is 0 Å². The van der Waals surface area contributed by atoms with E-state index in [1.165, 1.54) is 20.1 Å². The van der Waals surface area contributed by atoms with Gasteiger partial charge in [-0.05, 0) is 72.0 Å². The molecule has 0 radical (unpaired) electrons. The zero-order valence-electron chi connectivity index (χ0n) is 24.4. The van der Waals surface area contributed by atoms with Crippen LogP contribution in [0, 0.1) is 5.92 Å². The number of halogens is 10. The van der Waals surface area contributed by atoms with Gasteiger partial charge in [-0.15, -0.1) is 0 Å². The fraction of sp³-hybridized carbons (Fsp3) is 0.387. The molecule has 14 heteroatoms. The lowest BCUT2D eigenvalue weighted by Gasteiger charge is -2.25. The molecule has 2 atom stereocenters. The second kappa shape index (κ2) is 13.2. The summed E-state index contributed by atoms with van der Waals surface area (Å²) in [5.41, 5.74) is -4.40. The predicted molar refractivity (Wildman–Crippen MR) is 145 cm³/mol. The number of methoxy groups -OCH3 is 1. The first kappa shape index (κ1) is 35.5. The van der Waals surface area contributed by atoms with Gasteiger partial charge in [-0.2, -0.15) is 39.5 Å². The topological polar surface area (TPSA) is 38.8 Å². The summed E-state index contributed by atoms with van der Waals surface area (Å²) < 4.78 is 146. The molecule has 45 heavy (non-hydrogen) atoms. The fourth-order valence-corrected chi connectivity index (χ4v) is 4.66. The Labute approximate surface area is 252 Å². The average Bonchev–Trinajstić information content (AvgIpc) is 3.21. The number of carbonyl (C=O) groups is 1. The van der Waals surface area contributed by atoms with Crippen molar-refractivity contribution in [2.45, 2.75) is 58.0 Å². The summed E-state index contributed by atoms with van der Waals surface area (Å²) in [6, 6.07) is 2.14. The van der Waals surface area contributed by atoms with E-state index in [1.54, 1.807) is 13.8 Å². The maximum atomic E-state index is 13.8. The highest BCUT2D eigenvalue weighted by atomic mass is 19.4. The monoisotopic (exact) mass is 653 g/mol. The van der Waals surface area contributed by atoms with Gasteiger partial charge >= 0.3 is 24.6 Å². The molecule has 0 N–H and O–H groups in total. The van der Waals surface area contributed by atoms with E-state index < -0.39 is 72.2 Å². The minimum Gasteiger partial charge on any atom is -0.496 e. The molecule has 0 bridgehead atoms. The number of cyclic esters (lactones) is 1. The number of hydrogen-bond acceptors (Lipinski definition) is 3. The predicted octanol–water partition coefficient (Wildman–Crippen LogP) is 9.92. The Balaban J connectivity index is 2.17. The second-order valence-electron chi connectivity index (χ2n) is 10.6. The molecule has 0 saturated carbocycles. The van der Waals surface area contributed by atoms with E-state index in [2.05, 4.69) is 6.58 Å². The van der Waals surface area contributed by atoms with Crippen LogP contribution >= 0.6 is 0 Å². The summed E-state index contributed by atoms with van der Waals surface area (Å²) in [5, 5.41) is 0. The lowest BCUT2D eigenvalue weighted by molar-refractivity contribution is -0.143. The lowest BCUT2D eigenvalue weighted by Crippen LogP contribution is -2.32. The van der Waals surface area contributed by atoms with Crippen molar-refractivity contribution in [2.24, 2.45) is 5.92 Å². The molecule has 1 saturated heterocycles. The van der Waals surface area contributed by atoms with Crippen LogP contribution in [0.15, 0.2) is 66.5 Å². The third-order valence-electron chi connectivity index (χ3n) is 7.21. The molecule has 0 aromatic heterocycles. The number of alkyl halides is 10. The minimum atomic E-state index is -5.16. The lowest BCUT2D eigenvalue weighted by atomic mass is 9.91. The van der Waals surface area contributed by atoms with E-state index in [4.69, 9.17) is 9.47 Å². The molecule has 1 aliphatic rings. The van der Waals surface area contributed by atoms with E-state index in [1.807, 2.05) is 0 Å². The van der Waals surface area contributed by atoms with Crippen LogP contribution in [0.25, 0.3) is 5.57 Å². The molecule has 1 heterocycles. The van der Waals surface area contributed by atoms with Crippen molar-refractivity contribution < 1.29 is 58.2 Å². The molecule has 1 amide bonds. The van der Waals surface area contributed by atoms with Crippen molar-refractivity contribution in [1.82, 2.24) is 4.90 Å². The van der Waals surface area contributed by atoms with Gasteiger partial charge in [0.1, 0.15) is 18.5 Å². The Morgan fingerprint density at radius 2 is 1.51 bits per heavy atom. The van der Waals surface area contributed by atoms with Crippen LogP contribution in [0.1, 0.15) is 60.3 Å². The van der Waals surface area contributed by atoms with Gasteiger partial charge in [0.25, 0.3) is 0 Å². The third kappa shape index (κ3) is 8.20. The molecule has 246 valence electrons. The first-order chi connectivity index (χ1) is 20.7. The number of carbonyl (C=O) groups excluding carboxylic acids is 1. The Morgan fingerprint density at radius 1 is 0.956 bits per heavy atom. The number of benzene rings is 2. The molecule has 2 aromatic carbocycles. The molecule has 1 aliphatic heterocycles. The normalized spacial score (nSPS) is 18.5. The number of hydrogen-bond donors (Lipinski definition) is 0. The Hall–Kier alpha value is -3.97. The van der Waals surface area contributed by atoms with Crippen LogP contribution in [0.5, 0.6) is 0 Å². The Morgan fingerprint density at radius 3 is 1.98 bits per heavy atom. The molecular weight excluding hydrogens is 624 g/mol. The van der Waals surface area contributed by atoms with E-state index in [-0.39, 0.29) is 34.4 Å². The zero-order valence-corrected chi connectivity index (χ0v) is 24.4. The van der Waals surface area contributed by atoms with Crippen molar-refractivity contribution in [2.75, 3.05) is 13.8 Å².